The van der Waals surface area contributed by atoms with Crippen LogP contribution in [0.15, 0.2) is 40.9 Å². The number of hydrogen-bond acceptors (Lipinski definition) is 8. The first-order valence-electron chi connectivity index (χ1n) is 10.9. The molecule has 1 saturated heterocycles. The Bertz CT molecular complexity index is 1150. The van der Waals surface area contributed by atoms with E-state index < -0.39 is 0 Å². The molecule has 34 heavy (non-hydrogen) atoms. The zero-order chi connectivity index (χ0) is 24.1. The van der Waals surface area contributed by atoms with Crippen molar-refractivity contribution in [2.24, 2.45) is 5.92 Å². The fraction of sp³-hybridized carbons (Fsp3) is 0.375. The number of piperidine rings is 1. The van der Waals surface area contributed by atoms with Crippen molar-refractivity contribution in [1.29, 1.82) is 0 Å². The summed E-state index contributed by atoms with van der Waals surface area (Å²) >= 11 is 6.17. The lowest BCUT2D eigenvalue weighted by Crippen LogP contribution is -2.40. The number of nitrogens with one attached hydrogen (secondary N) is 1. The molecule has 0 radical (unpaired) electrons. The third-order valence-corrected chi connectivity index (χ3v) is 6.06. The van der Waals surface area contributed by atoms with Crippen molar-refractivity contribution in [3.05, 3.63) is 47.3 Å². The summed E-state index contributed by atoms with van der Waals surface area (Å²) in [5.74, 6) is 2.56. The zero-order valence-corrected chi connectivity index (χ0v) is 20.1. The minimum absolute atomic E-state index is 0.0394. The second-order valence-corrected chi connectivity index (χ2v) is 8.40. The van der Waals surface area contributed by atoms with E-state index in [1.165, 1.54) is 0 Å². The number of halogens is 1. The highest BCUT2D eigenvalue weighted by Gasteiger charge is 2.27. The molecule has 1 aliphatic rings. The number of methoxy groups -OCH3 is 3. The van der Waals surface area contributed by atoms with Gasteiger partial charge >= 0.3 is 0 Å². The number of aromatic nitrogens is 2. The number of amides is 1. The van der Waals surface area contributed by atoms with E-state index in [0.29, 0.717) is 52.8 Å². The van der Waals surface area contributed by atoms with Crippen LogP contribution in [0.2, 0.25) is 5.02 Å². The van der Waals surface area contributed by atoms with E-state index >= 15 is 0 Å². The molecule has 0 saturated carbocycles. The molecule has 1 unspecified atom stereocenters. The smallest absolute Gasteiger partial charge is 0.241 e. The number of likely N-dealkylation sites (tertiary alicyclic amines) is 1. The van der Waals surface area contributed by atoms with E-state index in [-0.39, 0.29) is 11.8 Å². The molecule has 2 aromatic carbocycles. The van der Waals surface area contributed by atoms with Crippen molar-refractivity contribution in [2.75, 3.05) is 39.7 Å². The monoisotopic (exact) mass is 486 g/mol. The molecule has 0 bridgehead atoms. The van der Waals surface area contributed by atoms with Crippen molar-refractivity contribution in [3.63, 3.8) is 0 Å². The summed E-state index contributed by atoms with van der Waals surface area (Å²) in [5.41, 5.74) is 1.41. The number of anilines is 1. The van der Waals surface area contributed by atoms with Gasteiger partial charge in [-0.05, 0) is 55.8 Å². The Labute approximate surface area is 202 Å². The van der Waals surface area contributed by atoms with E-state index in [1.54, 1.807) is 51.7 Å². The maximum Gasteiger partial charge on any atom is 0.241 e. The number of ether oxygens (including phenoxy) is 3. The first-order chi connectivity index (χ1) is 16.5. The van der Waals surface area contributed by atoms with Crippen LogP contribution in [0.3, 0.4) is 0 Å². The highest BCUT2D eigenvalue weighted by Crippen LogP contribution is 2.31. The molecule has 9 nitrogen and oxygen atoms in total. The molecule has 0 spiro atoms. The van der Waals surface area contributed by atoms with Crippen LogP contribution < -0.4 is 19.5 Å². The van der Waals surface area contributed by atoms with Gasteiger partial charge in [0.2, 0.25) is 17.6 Å². The maximum absolute atomic E-state index is 12.8. The first kappa shape index (κ1) is 23.8. The second kappa shape index (κ2) is 10.8. The molecule has 1 aliphatic heterocycles. The standard InChI is InChI=1S/C24H27ClN4O5/c1-31-19-9-7-17(12-18(19)25)26-24(30)16-5-4-10-29(13-16)14-22-27-23(28-34-22)15-6-8-20(32-2)21(11-15)33-3/h6-9,11-12,16H,4-5,10,13-14H2,1-3H3,(H,26,30). The van der Waals surface area contributed by atoms with Gasteiger partial charge in [0, 0.05) is 17.8 Å². The fourth-order valence-electron chi connectivity index (χ4n) is 4.00. The largest absolute Gasteiger partial charge is 0.495 e. The van der Waals surface area contributed by atoms with Gasteiger partial charge in [0.15, 0.2) is 11.5 Å². The van der Waals surface area contributed by atoms with Gasteiger partial charge in [0.25, 0.3) is 0 Å². The lowest BCUT2D eigenvalue weighted by molar-refractivity contribution is -0.121. The van der Waals surface area contributed by atoms with Gasteiger partial charge < -0.3 is 24.1 Å². The predicted octanol–water partition coefficient (Wildman–Crippen LogP) is 4.27. The van der Waals surface area contributed by atoms with Crippen LogP contribution in [-0.4, -0.2) is 55.4 Å². The van der Waals surface area contributed by atoms with Crippen molar-refractivity contribution in [2.45, 2.75) is 19.4 Å². The molecule has 1 fully saturated rings. The van der Waals surface area contributed by atoms with Crippen LogP contribution >= 0.6 is 11.6 Å². The zero-order valence-electron chi connectivity index (χ0n) is 19.3. The Hall–Kier alpha value is -3.30. The van der Waals surface area contributed by atoms with Gasteiger partial charge in [-0.3, -0.25) is 9.69 Å². The quantitative estimate of drug-likeness (QED) is 0.504. The van der Waals surface area contributed by atoms with E-state index in [1.807, 2.05) is 6.07 Å². The summed E-state index contributed by atoms with van der Waals surface area (Å²) in [6.07, 6.45) is 1.71. The summed E-state index contributed by atoms with van der Waals surface area (Å²) in [6, 6.07) is 10.7. The van der Waals surface area contributed by atoms with Crippen LogP contribution in [0.5, 0.6) is 17.2 Å². The summed E-state index contributed by atoms with van der Waals surface area (Å²) in [7, 11) is 4.72. The van der Waals surface area contributed by atoms with Crippen molar-refractivity contribution in [3.8, 4) is 28.6 Å². The molecule has 0 aliphatic carbocycles. The first-order valence-corrected chi connectivity index (χ1v) is 11.3. The van der Waals surface area contributed by atoms with E-state index in [2.05, 4.69) is 20.4 Å². The van der Waals surface area contributed by atoms with E-state index in [0.717, 1.165) is 24.9 Å². The van der Waals surface area contributed by atoms with Crippen LogP contribution in [-0.2, 0) is 11.3 Å². The Kier molecular flexibility index (Phi) is 7.54. The summed E-state index contributed by atoms with van der Waals surface area (Å²) in [4.78, 5) is 19.5. The summed E-state index contributed by atoms with van der Waals surface area (Å²) < 4.78 is 21.3. The number of nitrogens with zero attached hydrogens (tertiary/aromatic N) is 3. The van der Waals surface area contributed by atoms with Gasteiger partial charge in [-0.2, -0.15) is 4.98 Å². The third kappa shape index (κ3) is 5.43. The molecule has 180 valence electrons. The minimum Gasteiger partial charge on any atom is -0.495 e. The highest BCUT2D eigenvalue weighted by molar-refractivity contribution is 6.32. The SMILES string of the molecule is COc1ccc(NC(=O)C2CCCN(Cc3nc(-c4ccc(OC)c(OC)c4)no3)C2)cc1Cl. The van der Waals surface area contributed by atoms with Gasteiger partial charge in [0.1, 0.15) is 5.75 Å². The fourth-order valence-corrected chi connectivity index (χ4v) is 4.26. The highest BCUT2D eigenvalue weighted by atomic mass is 35.5. The Morgan fingerprint density at radius 2 is 1.88 bits per heavy atom. The summed E-state index contributed by atoms with van der Waals surface area (Å²) in [6.45, 7) is 1.93. The average molecular weight is 487 g/mol. The van der Waals surface area contributed by atoms with E-state index in [9.17, 15) is 4.79 Å². The van der Waals surface area contributed by atoms with E-state index in [4.69, 9.17) is 30.3 Å². The van der Waals surface area contributed by atoms with Crippen molar-refractivity contribution >= 4 is 23.2 Å². The second-order valence-electron chi connectivity index (χ2n) is 7.99. The number of hydrogen-bond donors (Lipinski definition) is 1. The van der Waals surface area contributed by atoms with Crippen LogP contribution in [0.4, 0.5) is 5.69 Å². The lowest BCUT2D eigenvalue weighted by atomic mass is 9.97. The normalized spacial score (nSPS) is 16.2. The Balaban J connectivity index is 1.37. The molecule has 4 rings (SSSR count). The summed E-state index contributed by atoms with van der Waals surface area (Å²) in [5, 5.41) is 7.51. The minimum atomic E-state index is -0.150. The van der Waals surface area contributed by atoms with Crippen molar-refractivity contribution in [1.82, 2.24) is 15.0 Å². The molecule has 10 heteroatoms. The van der Waals surface area contributed by atoms with Gasteiger partial charge in [0.05, 0.1) is 38.8 Å². The average Bonchev–Trinajstić information content (AvgIpc) is 3.32. The van der Waals surface area contributed by atoms with Gasteiger partial charge in [-0.25, -0.2) is 0 Å². The molecule has 1 atom stereocenters. The Morgan fingerprint density at radius 1 is 1.12 bits per heavy atom. The van der Waals surface area contributed by atoms with Crippen LogP contribution in [0.1, 0.15) is 18.7 Å². The number of rotatable bonds is 8. The van der Waals surface area contributed by atoms with Gasteiger partial charge in [-0.1, -0.05) is 16.8 Å². The number of carbonyl (C=O) groups excluding carboxylic acids is 1. The molecule has 3 aromatic rings. The topological polar surface area (TPSA) is 99.0 Å². The molecular weight excluding hydrogens is 460 g/mol. The van der Waals surface area contributed by atoms with Crippen LogP contribution in [0.25, 0.3) is 11.4 Å². The molecule has 1 N–H and O–H groups in total. The molecular formula is C24H27ClN4O5. The number of carbonyl (C=O) groups is 1. The molecule has 1 amide bonds. The van der Waals surface area contributed by atoms with Crippen molar-refractivity contribution < 1.29 is 23.5 Å². The third-order valence-electron chi connectivity index (χ3n) is 5.76. The molecule has 1 aromatic heterocycles. The maximum atomic E-state index is 12.8. The Morgan fingerprint density at radius 3 is 2.62 bits per heavy atom. The number of benzene rings is 2. The lowest BCUT2D eigenvalue weighted by Gasteiger charge is -2.30. The predicted molar refractivity (Wildman–Crippen MR) is 127 cm³/mol. The molecule has 2 heterocycles. The van der Waals surface area contributed by atoms with Gasteiger partial charge in [-0.15, -0.1) is 0 Å². The van der Waals surface area contributed by atoms with Crippen LogP contribution in [0, 0.1) is 5.92 Å².